The molecule has 1 rings (SSSR count). The van der Waals surface area contributed by atoms with Gasteiger partial charge in [-0.25, -0.2) is 4.79 Å². The van der Waals surface area contributed by atoms with Crippen molar-refractivity contribution in [3.63, 3.8) is 0 Å². The maximum Gasteiger partial charge on any atom is 0.413 e. The highest BCUT2D eigenvalue weighted by Gasteiger charge is 2.19. The topological polar surface area (TPSA) is 120 Å². The molecule has 27 heavy (non-hydrogen) atoms. The monoisotopic (exact) mass is 378 g/mol. The van der Waals surface area contributed by atoms with Gasteiger partial charge in [-0.3, -0.25) is 19.7 Å². The maximum atomic E-state index is 11.7. The van der Waals surface area contributed by atoms with Crippen molar-refractivity contribution in [3.05, 3.63) is 35.9 Å². The van der Waals surface area contributed by atoms with Gasteiger partial charge in [-0.1, -0.05) is 12.1 Å². The van der Waals surface area contributed by atoms with Crippen LogP contribution in [0.5, 0.6) is 5.75 Å². The van der Waals surface area contributed by atoms with Gasteiger partial charge in [0.05, 0.1) is 20.6 Å². The van der Waals surface area contributed by atoms with E-state index in [-0.39, 0.29) is 18.9 Å². The van der Waals surface area contributed by atoms with Crippen molar-refractivity contribution in [3.8, 4) is 5.75 Å². The Balaban J connectivity index is 2.31. The van der Waals surface area contributed by atoms with E-state index in [0.717, 1.165) is 12.7 Å². The van der Waals surface area contributed by atoms with Gasteiger partial charge in [0.25, 0.3) is 5.91 Å². The molecular formula is C18H22N2O7. The van der Waals surface area contributed by atoms with Crippen LogP contribution in [0, 0.1) is 0 Å². The Labute approximate surface area is 156 Å². The van der Waals surface area contributed by atoms with Crippen molar-refractivity contribution >= 4 is 30.0 Å². The summed E-state index contributed by atoms with van der Waals surface area (Å²) in [5.74, 6) is -1.16. The Morgan fingerprint density at radius 1 is 1.11 bits per heavy atom. The number of ether oxygens (including phenoxy) is 3. The number of carbonyl (C=O) groups excluding carboxylic acids is 4. The van der Waals surface area contributed by atoms with E-state index in [0.29, 0.717) is 5.75 Å². The first-order valence-electron chi connectivity index (χ1n) is 8.04. The van der Waals surface area contributed by atoms with Gasteiger partial charge in [-0.15, -0.1) is 0 Å². The second kappa shape index (κ2) is 11.3. The number of carbonyl (C=O) groups is 4. The number of esters is 1. The fraction of sp³-hybridized carbons (Fsp3) is 0.333. The van der Waals surface area contributed by atoms with E-state index in [4.69, 9.17) is 9.47 Å². The molecule has 0 spiro atoms. The van der Waals surface area contributed by atoms with Crippen LogP contribution in [-0.2, 0) is 23.9 Å². The molecule has 9 heteroatoms. The smallest absolute Gasteiger partial charge is 0.413 e. The fourth-order valence-corrected chi connectivity index (χ4v) is 1.80. The van der Waals surface area contributed by atoms with Crippen LogP contribution in [0.2, 0.25) is 0 Å². The molecule has 9 nitrogen and oxygen atoms in total. The first kappa shape index (κ1) is 21.7. The molecule has 1 aromatic rings. The van der Waals surface area contributed by atoms with Crippen LogP contribution in [0.15, 0.2) is 30.3 Å². The van der Waals surface area contributed by atoms with E-state index in [1.54, 1.807) is 37.5 Å². The van der Waals surface area contributed by atoms with E-state index < -0.39 is 24.1 Å². The molecule has 0 aliphatic carbocycles. The second-order valence-corrected chi connectivity index (χ2v) is 5.26. The van der Waals surface area contributed by atoms with E-state index in [9.17, 15) is 19.2 Å². The predicted molar refractivity (Wildman–Crippen MR) is 95.8 cm³/mol. The molecule has 0 heterocycles. The lowest BCUT2D eigenvalue weighted by Gasteiger charge is -2.12. The standard InChI is InChI=1S/C18H22N2O7/c1-12(17(23)20-18(24)26-3)27-16(22)10-11-19-15(21)9-6-13-4-7-14(25-2)8-5-13/h4-9,12H,10-11H2,1-3H3,(H,19,21)(H,20,23,24)/b9-6+/t12-/m0/s1. The first-order valence-corrected chi connectivity index (χ1v) is 8.04. The van der Waals surface area contributed by atoms with E-state index in [1.807, 2.05) is 5.32 Å². The van der Waals surface area contributed by atoms with Crippen molar-refractivity contribution in [1.29, 1.82) is 0 Å². The number of amides is 3. The third-order valence-corrected chi connectivity index (χ3v) is 3.26. The summed E-state index contributed by atoms with van der Waals surface area (Å²) in [5, 5.41) is 4.41. The van der Waals surface area contributed by atoms with Crippen LogP contribution in [0.4, 0.5) is 4.79 Å². The number of alkyl carbamates (subject to hydrolysis) is 1. The number of benzene rings is 1. The van der Waals surface area contributed by atoms with Crippen LogP contribution in [0.3, 0.4) is 0 Å². The van der Waals surface area contributed by atoms with Gasteiger partial charge in [-0.05, 0) is 30.7 Å². The molecule has 0 aromatic heterocycles. The Morgan fingerprint density at radius 3 is 2.37 bits per heavy atom. The normalized spacial score (nSPS) is 11.4. The Morgan fingerprint density at radius 2 is 1.78 bits per heavy atom. The number of hydrogen-bond donors (Lipinski definition) is 2. The molecule has 3 amide bonds. The van der Waals surface area contributed by atoms with Gasteiger partial charge in [0.1, 0.15) is 5.75 Å². The molecule has 2 N–H and O–H groups in total. The fourth-order valence-electron chi connectivity index (χ4n) is 1.80. The zero-order valence-electron chi connectivity index (χ0n) is 15.3. The molecular weight excluding hydrogens is 356 g/mol. The van der Waals surface area contributed by atoms with Crippen molar-refractivity contribution in [2.75, 3.05) is 20.8 Å². The summed E-state index contributed by atoms with van der Waals surface area (Å²) in [4.78, 5) is 45.8. The minimum atomic E-state index is -1.16. The summed E-state index contributed by atoms with van der Waals surface area (Å²) in [6, 6.07) is 7.12. The Hall–Kier alpha value is -3.36. The zero-order valence-corrected chi connectivity index (χ0v) is 15.3. The summed E-state index contributed by atoms with van der Waals surface area (Å²) < 4.78 is 14.2. The number of hydrogen-bond acceptors (Lipinski definition) is 7. The highest BCUT2D eigenvalue weighted by atomic mass is 16.6. The van der Waals surface area contributed by atoms with E-state index in [1.165, 1.54) is 13.0 Å². The second-order valence-electron chi connectivity index (χ2n) is 5.26. The van der Waals surface area contributed by atoms with E-state index in [2.05, 4.69) is 10.1 Å². The first-order chi connectivity index (χ1) is 12.8. The molecule has 0 bridgehead atoms. The molecule has 0 radical (unpaired) electrons. The number of methoxy groups -OCH3 is 2. The van der Waals surface area contributed by atoms with Gasteiger partial charge in [0.15, 0.2) is 6.10 Å². The van der Waals surface area contributed by atoms with Crippen molar-refractivity contribution in [2.24, 2.45) is 0 Å². The quantitative estimate of drug-likeness (QED) is 0.512. The van der Waals surface area contributed by atoms with Gasteiger partial charge < -0.3 is 19.5 Å². The molecule has 0 saturated carbocycles. The summed E-state index contributed by atoms with van der Waals surface area (Å²) in [5.41, 5.74) is 0.816. The molecule has 0 aliphatic rings. The van der Waals surface area contributed by atoms with Crippen LogP contribution in [0.25, 0.3) is 6.08 Å². The van der Waals surface area contributed by atoms with Crippen molar-refractivity contribution in [1.82, 2.24) is 10.6 Å². The minimum Gasteiger partial charge on any atom is -0.497 e. The number of imide groups is 1. The van der Waals surface area contributed by atoms with Crippen LogP contribution >= 0.6 is 0 Å². The lowest BCUT2D eigenvalue weighted by Crippen LogP contribution is -2.39. The van der Waals surface area contributed by atoms with E-state index >= 15 is 0 Å². The molecule has 1 atom stereocenters. The third kappa shape index (κ3) is 8.52. The maximum absolute atomic E-state index is 11.7. The molecule has 0 aliphatic heterocycles. The molecule has 0 saturated heterocycles. The van der Waals surface area contributed by atoms with Gasteiger partial charge in [-0.2, -0.15) is 0 Å². The zero-order chi connectivity index (χ0) is 20.2. The lowest BCUT2D eigenvalue weighted by molar-refractivity contribution is -0.154. The highest BCUT2D eigenvalue weighted by Crippen LogP contribution is 2.12. The van der Waals surface area contributed by atoms with Gasteiger partial charge >= 0.3 is 12.1 Å². The molecule has 146 valence electrons. The van der Waals surface area contributed by atoms with Crippen LogP contribution in [0.1, 0.15) is 18.9 Å². The third-order valence-electron chi connectivity index (χ3n) is 3.26. The minimum absolute atomic E-state index is 0.0377. The summed E-state index contributed by atoms with van der Waals surface area (Å²) in [7, 11) is 2.67. The number of rotatable bonds is 8. The Kier molecular flexibility index (Phi) is 9.07. The van der Waals surface area contributed by atoms with Crippen molar-refractivity contribution in [2.45, 2.75) is 19.4 Å². The SMILES string of the molecule is COC(=O)NC(=O)[C@H](C)OC(=O)CCNC(=O)/C=C/c1ccc(OC)cc1. The largest absolute Gasteiger partial charge is 0.497 e. The Bertz CT molecular complexity index is 698. The van der Waals surface area contributed by atoms with Crippen LogP contribution in [-0.4, -0.2) is 50.7 Å². The van der Waals surface area contributed by atoms with Gasteiger partial charge in [0.2, 0.25) is 5.91 Å². The highest BCUT2D eigenvalue weighted by molar-refractivity contribution is 5.95. The van der Waals surface area contributed by atoms with Crippen LogP contribution < -0.4 is 15.4 Å². The summed E-state index contributed by atoms with van der Waals surface area (Å²) >= 11 is 0. The number of nitrogens with one attached hydrogen (secondary N) is 2. The molecule has 0 fully saturated rings. The summed E-state index contributed by atoms with van der Waals surface area (Å²) in [6.07, 6.45) is 0.713. The lowest BCUT2D eigenvalue weighted by atomic mass is 10.2. The van der Waals surface area contributed by atoms with Gasteiger partial charge in [0, 0.05) is 12.6 Å². The van der Waals surface area contributed by atoms with Crippen molar-refractivity contribution < 1.29 is 33.4 Å². The molecule has 0 unspecified atom stereocenters. The average molecular weight is 378 g/mol. The summed E-state index contributed by atoms with van der Waals surface area (Å²) in [6.45, 7) is 1.35. The average Bonchev–Trinajstić information content (AvgIpc) is 2.66. The predicted octanol–water partition coefficient (Wildman–Crippen LogP) is 1.03. The molecule has 1 aromatic carbocycles.